The van der Waals surface area contributed by atoms with Crippen molar-refractivity contribution in [3.8, 4) is 0 Å². The van der Waals surface area contributed by atoms with Crippen LogP contribution in [0.25, 0.3) is 0 Å². The molecule has 0 aliphatic rings. The number of rotatable bonds is 3. The van der Waals surface area contributed by atoms with Crippen LogP contribution in [0.2, 0.25) is 0 Å². The molecule has 2 N–H and O–H groups in total. The maximum Gasteiger partial charge on any atom is 0.237 e. The highest BCUT2D eigenvalue weighted by molar-refractivity contribution is 5.73. The van der Waals surface area contributed by atoms with Crippen molar-refractivity contribution >= 4 is 5.91 Å². The Balaban J connectivity index is 2.76. The van der Waals surface area contributed by atoms with E-state index in [-0.39, 0.29) is 12.5 Å². The third kappa shape index (κ3) is 1.83. The van der Waals surface area contributed by atoms with Gasteiger partial charge in [-0.1, -0.05) is 6.92 Å². The number of aryl methyl sites for hydroxylation is 1. The summed E-state index contributed by atoms with van der Waals surface area (Å²) in [4.78, 5) is 10.5. The zero-order valence-electron chi connectivity index (χ0n) is 6.58. The number of hydrogen-bond donors (Lipinski definition) is 1. The van der Waals surface area contributed by atoms with Gasteiger partial charge >= 0.3 is 0 Å². The number of hydrogen-bond acceptors (Lipinski definition) is 1. The van der Waals surface area contributed by atoms with Gasteiger partial charge < -0.3 is 10.3 Å². The first kappa shape index (κ1) is 7.85. The zero-order chi connectivity index (χ0) is 8.27. The molecular formula is C8H12N2O. The van der Waals surface area contributed by atoms with Crippen molar-refractivity contribution in [2.45, 2.75) is 19.9 Å². The fraction of sp³-hybridized carbons (Fsp3) is 0.375. The van der Waals surface area contributed by atoms with E-state index < -0.39 is 0 Å². The molecule has 0 saturated carbocycles. The first-order valence-corrected chi connectivity index (χ1v) is 3.66. The zero-order valence-corrected chi connectivity index (χ0v) is 6.58. The molecule has 1 rings (SSSR count). The van der Waals surface area contributed by atoms with Crippen LogP contribution < -0.4 is 5.73 Å². The van der Waals surface area contributed by atoms with Crippen LogP contribution in [0.15, 0.2) is 18.3 Å². The molecule has 1 amide bonds. The van der Waals surface area contributed by atoms with Crippen LogP contribution in [0, 0.1) is 0 Å². The van der Waals surface area contributed by atoms with E-state index in [9.17, 15) is 4.79 Å². The van der Waals surface area contributed by atoms with Gasteiger partial charge in [0.05, 0.1) is 0 Å². The van der Waals surface area contributed by atoms with E-state index >= 15 is 0 Å². The van der Waals surface area contributed by atoms with Gasteiger partial charge in [-0.25, -0.2) is 0 Å². The Labute approximate surface area is 65.8 Å². The average Bonchev–Trinajstić information content (AvgIpc) is 2.34. The lowest BCUT2D eigenvalue weighted by Crippen LogP contribution is -2.19. The van der Waals surface area contributed by atoms with Crippen molar-refractivity contribution in [3.63, 3.8) is 0 Å². The highest BCUT2D eigenvalue weighted by Gasteiger charge is 1.99. The van der Waals surface area contributed by atoms with Crippen LogP contribution in [-0.2, 0) is 17.8 Å². The summed E-state index contributed by atoms with van der Waals surface area (Å²) < 4.78 is 1.86. The fourth-order valence-electron chi connectivity index (χ4n) is 1.09. The summed E-state index contributed by atoms with van der Waals surface area (Å²) in [5.74, 6) is -0.295. The second kappa shape index (κ2) is 3.23. The van der Waals surface area contributed by atoms with Gasteiger partial charge in [0, 0.05) is 11.9 Å². The van der Waals surface area contributed by atoms with Gasteiger partial charge in [0.15, 0.2) is 0 Å². The number of primary amides is 1. The Hall–Kier alpha value is -1.25. The quantitative estimate of drug-likeness (QED) is 0.675. The Morgan fingerprint density at radius 2 is 2.45 bits per heavy atom. The van der Waals surface area contributed by atoms with E-state index in [1.54, 1.807) is 0 Å². The number of nitrogens with zero attached hydrogens (tertiary/aromatic N) is 1. The molecule has 1 aromatic heterocycles. The minimum absolute atomic E-state index is 0.288. The molecule has 0 aromatic carbocycles. The average molecular weight is 152 g/mol. The van der Waals surface area contributed by atoms with Gasteiger partial charge in [-0.3, -0.25) is 4.79 Å². The van der Waals surface area contributed by atoms with Crippen LogP contribution >= 0.6 is 0 Å². The Morgan fingerprint density at radius 3 is 3.00 bits per heavy atom. The molecule has 3 nitrogen and oxygen atoms in total. The molecule has 0 saturated heterocycles. The molecule has 0 unspecified atom stereocenters. The van der Waals surface area contributed by atoms with Crippen LogP contribution in [0.3, 0.4) is 0 Å². The lowest BCUT2D eigenvalue weighted by atomic mass is 10.3. The van der Waals surface area contributed by atoms with E-state index in [2.05, 4.69) is 0 Å². The SMILES string of the molecule is CCc1cccn1CC(N)=O. The first-order valence-electron chi connectivity index (χ1n) is 3.66. The lowest BCUT2D eigenvalue weighted by Gasteiger charge is -2.03. The highest BCUT2D eigenvalue weighted by atomic mass is 16.1. The lowest BCUT2D eigenvalue weighted by molar-refractivity contribution is -0.118. The molecule has 60 valence electrons. The third-order valence-electron chi connectivity index (χ3n) is 1.61. The number of nitrogens with two attached hydrogens (primary N) is 1. The second-order valence-electron chi connectivity index (χ2n) is 2.45. The molecule has 3 heteroatoms. The van der Waals surface area contributed by atoms with E-state index in [4.69, 9.17) is 5.73 Å². The topological polar surface area (TPSA) is 48.0 Å². The predicted octanol–water partition coefficient (Wildman–Crippen LogP) is 0.536. The van der Waals surface area contributed by atoms with Crippen molar-refractivity contribution in [1.82, 2.24) is 4.57 Å². The third-order valence-corrected chi connectivity index (χ3v) is 1.61. The van der Waals surface area contributed by atoms with Gasteiger partial charge in [-0.05, 0) is 18.6 Å². The number of carbonyl (C=O) groups is 1. The van der Waals surface area contributed by atoms with Crippen molar-refractivity contribution < 1.29 is 4.79 Å². The predicted molar refractivity (Wildman–Crippen MR) is 43.0 cm³/mol. The van der Waals surface area contributed by atoms with Gasteiger partial charge in [-0.15, -0.1) is 0 Å². The molecule has 0 bridgehead atoms. The fourth-order valence-corrected chi connectivity index (χ4v) is 1.09. The normalized spacial score (nSPS) is 9.91. The van der Waals surface area contributed by atoms with Crippen molar-refractivity contribution in [1.29, 1.82) is 0 Å². The van der Waals surface area contributed by atoms with Gasteiger partial charge in [0.1, 0.15) is 6.54 Å². The smallest absolute Gasteiger partial charge is 0.237 e. The van der Waals surface area contributed by atoms with E-state index in [0.29, 0.717) is 0 Å². The molecule has 0 spiro atoms. The van der Waals surface area contributed by atoms with E-state index in [1.165, 1.54) is 0 Å². The molecule has 0 aliphatic heterocycles. The molecule has 0 atom stereocenters. The summed E-state index contributed by atoms with van der Waals surface area (Å²) in [5, 5.41) is 0. The minimum atomic E-state index is -0.295. The van der Waals surface area contributed by atoms with Crippen LogP contribution in [0.4, 0.5) is 0 Å². The molecule has 1 aromatic rings. The summed E-state index contributed by atoms with van der Waals surface area (Å²) in [6, 6.07) is 3.91. The van der Waals surface area contributed by atoms with Crippen molar-refractivity contribution in [2.24, 2.45) is 5.73 Å². The number of aromatic nitrogens is 1. The second-order valence-corrected chi connectivity index (χ2v) is 2.45. The molecule has 0 fully saturated rings. The molecule has 0 aliphatic carbocycles. The first-order chi connectivity index (χ1) is 5.24. The standard InChI is InChI=1S/C8H12N2O/c1-2-7-4-3-5-10(7)6-8(9)11/h3-5H,2,6H2,1H3,(H2,9,11). The van der Waals surface area contributed by atoms with Crippen LogP contribution in [0.5, 0.6) is 0 Å². The summed E-state index contributed by atoms with van der Waals surface area (Å²) in [6.45, 7) is 2.34. The van der Waals surface area contributed by atoms with Gasteiger partial charge in [-0.2, -0.15) is 0 Å². The Bertz CT molecular complexity index is 252. The highest BCUT2D eigenvalue weighted by Crippen LogP contribution is 2.01. The van der Waals surface area contributed by atoms with Crippen molar-refractivity contribution in [3.05, 3.63) is 24.0 Å². The van der Waals surface area contributed by atoms with Gasteiger partial charge in [0.2, 0.25) is 5.91 Å². The number of amides is 1. The monoisotopic (exact) mass is 152 g/mol. The Kier molecular flexibility index (Phi) is 2.31. The molecule has 1 heterocycles. The minimum Gasteiger partial charge on any atom is -0.368 e. The van der Waals surface area contributed by atoms with Gasteiger partial charge in [0.25, 0.3) is 0 Å². The molecule has 11 heavy (non-hydrogen) atoms. The maximum atomic E-state index is 10.5. The van der Waals surface area contributed by atoms with Crippen LogP contribution in [0.1, 0.15) is 12.6 Å². The molecular weight excluding hydrogens is 140 g/mol. The van der Waals surface area contributed by atoms with Crippen molar-refractivity contribution in [2.75, 3.05) is 0 Å². The maximum absolute atomic E-state index is 10.5. The largest absolute Gasteiger partial charge is 0.368 e. The summed E-state index contributed by atoms with van der Waals surface area (Å²) in [7, 11) is 0. The van der Waals surface area contributed by atoms with E-state index in [1.807, 2.05) is 29.8 Å². The van der Waals surface area contributed by atoms with Crippen LogP contribution in [-0.4, -0.2) is 10.5 Å². The van der Waals surface area contributed by atoms with E-state index in [0.717, 1.165) is 12.1 Å². The Morgan fingerprint density at radius 1 is 1.73 bits per heavy atom. The summed E-state index contributed by atoms with van der Waals surface area (Å²) in [5.41, 5.74) is 6.19. The number of carbonyl (C=O) groups excluding carboxylic acids is 1. The molecule has 0 radical (unpaired) electrons. The summed E-state index contributed by atoms with van der Waals surface area (Å²) in [6.07, 6.45) is 2.80. The summed E-state index contributed by atoms with van der Waals surface area (Å²) >= 11 is 0.